The molecule has 0 aliphatic carbocycles. The van der Waals surface area contributed by atoms with Gasteiger partial charge in [0.1, 0.15) is 11.5 Å². The minimum absolute atomic E-state index is 0.272. The number of pyridine rings is 1. The van der Waals surface area contributed by atoms with E-state index >= 15 is 0 Å². The maximum Gasteiger partial charge on any atom is 0.270 e. The van der Waals surface area contributed by atoms with Gasteiger partial charge in [-0.3, -0.25) is 9.78 Å². The third kappa shape index (κ3) is 4.12. The number of nitrogens with zero attached hydrogens (tertiary/aromatic N) is 3. The molecule has 1 amide bonds. The summed E-state index contributed by atoms with van der Waals surface area (Å²) in [6.45, 7) is 4.44. The highest BCUT2D eigenvalue weighted by molar-refractivity contribution is 5.94. The number of rotatable bonds is 5. The van der Waals surface area contributed by atoms with E-state index in [1.165, 1.54) is 17.7 Å². The van der Waals surface area contributed by atoms with Crippen LogP contribution >= 0.6 is 0 Å². The Kier molecular flexibility index (Phi) is 5.39. The van der Waals surface area contributed by atoms with Crippen LogP contribution in [0.5, 0.6) is 0 Å². The second-order valence-electron chi connectivity index (χ2n) is 7.15. The smallest absolute Gasteiger partial charge is 0.270 e. The van der Waals surface area contributed by atoms with Crippen molar-refractivity contribution >= 4 is 5.91 Å². The van der Waals surface area contributed by atoms with Crippen LogP contribution in [0.2, 0.25) is 0 Å². The molecule has 1 N–H and O–H groups in total. The number of carbonyl (C=O) groups is 1. The van der Waals surface area contributed by atoms with Crippen molar-refractivity contribution in [2.45, 2.75) is 20.4 Å². The maximum absolute atomic E-state index is 13.4. The first-order valence-electron chi connectivity index (χ1n) is 9.62. The summed E-state index contributed by atoms with van der Waals surface area (Å²) in [4.78, 5) is 17.0. The van der Waals surface area contributed by atoms with Crippen LogP contribution in [-0.2, 0) is 6.54 Å². The number of nitrogens with one attached hydrogen (secondary N) is 1. The summed E-state index contributed by atoms with van der Waals surface area (Å²) in [6.07, 6.45) is 3.39. The largest absolute Gasteiger partial charge is 0.347 e. The Morgan fingerprint density at radius 3 is 2.53 bits per heavy atom. The van der Waals surface area contributed by atoms with Crippen LogP contribution in [-0.4, -0.2) is 20.7 Å². The van der Waals surface area contributed by atoms with Gasteiger partial charge in [0, 0.05) is 24.5 Å². The number of benzene rings is 2. The van der Waals surface area contributed by atoms with Gasteiger partial charge in [-0.15, -0.1) is 0 Å². The van der Waals surface area contributed by atoms with Gasteiger partial charge >= 0.3 is 0 Å². The Labute approximate surface area is 174 Å². The van der Waals surface area contributed by atoms with E-state index in [1.807, 2.05) is 44.2 Å². The molecule has 2 heterocycles. The Bertz CT molecular complexity index is 1180. The number of aromatic nitrogens is 3. The zero-order valence-corrected chi connectivity index (χ0v) is 16.8. The predicted octanol–water partition coefficient (Wildman–Crippen LogP) is 4.62. The van der Waals surface area contributed by atoms with Crippen molar-refractivity contribution in [3.8, 4) is 16.9 Å². The molecule has 2 aromatic carbocycles. The van der Waals surface area contributed by atoms with Gasteiger partial charge in [0.05, 0.1) is 11.4 Å². The van der Waals surface area contributed by atoms with E-state index in [0.29, 0.717) is 23.6 Å². The lowest BCUT2D eigenvalue weighted by Crippen LogP contribution is -2.25. The van der Waals surface area contributed by atoms with Crippen LogP contribution in [0.3, 0.4) is 0 Å². The number of halogens is 1. The van der Waals surface area contributed by atoms with E-state index in [9.17, 15) is 9.18 Å². The number of hydrogen-bond donors (Lipinski definition) is 1. The summed E-state index contributed by atoms with van der Waals surface area (Å²) in [6, 6.07) is 17.4. The minimum atomic E-state index is -0.345. The van der Waals surface area contributed by atoms with Gasteiger partial charge in [0.15, 0.2) is 0 Å². The molecule has 6 heteroatoms. The highest BCUT2D eigenvalue weighted by Crippen LogP contribution is 2.24. The minimum Gasteiger partial charge on any atom is -0.347 e. The third-order valence-corrected chi connectivity index (χ3v) is 4.99. The molecular formula is C24H21FN4O. The standard InChI is InChI=1S/C24H21FN4O/c1-16-5-6-19(12-17(16)2)22-13-23(24(30)27-15-18-4-3-11-26-14-18)29(28-22)21-9-7-20(25)8-10-21/h3-14H,15H2,1-2H3,(H,27,30). The molecule has 0 spiro atoms. The molecule has 0 saturated heterocycles. The van der Waals surface area contributed by atoms with E-state index in [1.54, 1.807) is 35.3 Å². The van der Waals surface area contributed by atoms with Crippen LogP contribution in [0.25, 0.3) is 16.9 Å². The number of aryl methyl sites for hydroxylation is 2. The first-order valence-corrected chi connectivity index (χ1v) is 9.62. The van der Waals surface area contributed by atoms with Gasteiger partial charge in [-0.25, -0.2) is 9.07 Å². The zero-order chi connectivity index (χ0) is 21.1. The molecule has 0 atom stereocenters. The molecular weight excluding hydrogens is 379 g/mol. The molecule has 0 fully saturated rings. The van der Waals surface area contributed by atoms with Gasteiger partial charge in [0.25, 0.3) is 5.91 Å². The fraction of sp³-hybridized carbons (Fsp3) is 0.125. The summed E-state index contributed by atoms with van der Waals surface area (Å²) in [5.41, 5.74) is 5.80. The van der Waals surface area contributed by atoms with Crippen LogP contribution in [0.15, 0.2) is 73.1 Å². The van der Waals surface area contributed by atoms with Crippen molar-refractivity contribution in [2.75, 3.05) is 0 Å². The van der Waals surface area contributed by atoms with Crippen LogP contribution < -0.4 is 5.32 Å². The molecule has 0 radical (unpaired) electrons. The molecule has 0 saturated carbocycles. The Morgan fingerprint density at radius 1 is 1.03 bits per heavy atom. The first kappa shape index (κ1) is 19.5. The highest BCUT2D eigenvalue weighted by Gasteiger charge is 2.18. The monoisotopic (exact) mass is 400 g/mol. The van der Waals surface area contributed by atoms with E-state index in [-0.39, 0.29) is 11.7 Å². The Morgan fingerprint density at radius 2 is 1.83 bits per heavy atom. The fourth-order valence-electron chi connectivity index (χ4n) is 3.14. The lowest BCUT2D eigenvalue weighted by Gasteiger charge is -2.08. The van der Waals surface area contributed by atoms with Crippen molar-refractivity contribution in [1.82, 2.24) is 20.1 Å². The Hall–Kier alpha value is -3.80. The number of amides is 1. The van der Waals surface area contributed by atoms with Crippen molar-refractivity contribution in [3.63, 3.8) is 0 Å². The van der Waals surface area contributed by atoms with E-state index in [4.69, 9.17) is 0 Å². The molecule has 150 valence electrons. The summed E-state index contributed by atoms with van der Waals surface area (Å²) >= 11 is 0. The molecule has 4 rings (SSSR count). The second kappa shape index (κ2) is 8.29. The van der Waals surface area contributed by atoms with Gasteiger partial charge < -0.3 is 5.32 Å². The van der Waals surface area contributed by atoms with E-state index in [2.05, 4.69) is 15.4 Å². The summed E-state index contributed by atoms with van der Waals surface area (Å²) in [5.74, 6) is -0.617. The molecule has 0 bridgehead atoms. The molecule has 4 aromatic rings. The average molecular weight is 400 g/mol. The second-order valence-corrected chi connectivity index (χ2v) is 7.15. The SMILES string of the molecule is Cc1ccc(-c2cc(C(=O)NCc3cccnc3)n(-c3ccc(F)cc3)n2)cc1C. The average Bonchev–Trinajstić information content (AvgIpc) is 3.21. The molecule has 0 aliphatic rings. The topological polar surface area (TPSA) is 59.8 Å². The highest BCUT2D eigenvalue weighted by atomic mass is 19.1. The molecule has 0 unspecified atom stereocenters. The lowest BCUT2D eigenvalue weighted by molar-refractivity contribution is 0.0943. The van der Waals surface area contributed by atoms with Crippen LogP contribution in [0.1, 0.15) is 27.2 Å². The first-order chi connectivity index (χ1) is 14.5. The molecule has 5 nitrogen and oxygen atoms in total. The Balaban J connectivity index is 1.71. The number of carbonyl (C=O) groups excluding carboxylic acids is 1. The van der Waals surface area contributed by atoms with Crippen LogP contribution in [0.4, 0.5) is 4.39 Å². The third-order valence-electron chi connectivity index (χ3n) is 4.99. The number of hydrogen-bond acceptors (Lipinski definition) is 3. The van der Waals surface area contributed by atoms with Crippen molar-refractivity contribution in [2.24, 2.45) is 0 Å². The predicted molar refractivity (Wildman–Crippen MR) is 114 cm³/mol. The normalized spacial score (nSPS) is 10.8. The van der Waals surface area contributed by atoms with Gasteiger partial charge in [-0.2, -0.15) is 5.10 Å². The van der Waals surface area contributed by atoms with E-state index < -0.39 is 0 Å². The molecule has 2 aromatic heterocycles. The molecule has 30 heavy (non-hydrogen) atoms. The van der Waals surface area contributed by atoms with Gasteiger partial charge in [-0.05, 0) is 73.0 Å². The maximum atomic E-state index is 13.4. The van der Waals surface area contributed by atoms with Crippen LogP contribution in [0, 0.1) is 19.7 Å². The molecule has 0 aliphatic heterocycles. The fourth-order valence-corrected chi connectivity index (χ4v) is 3.14. The van der Waals surface area contributed by atoms with E-state index in [0.717, 1.165) is 16.7 Å². The van der Waals surface area contributed by atoms with Crippen molar-refractivity contribution in [3.05, 3.63) is 101 Å². The van der Waals surface area contributed by atoms with Gasteiger partial charge in [-0.1, -0.05) is 18.2 Å². The summed E-state index contributed by atoms with van der Waals surface area (Å²) < 4.78 is 15.0. The van der Waals surface area contributed by atoms with Crippen molar-refractivity contribution < 1.29 is 9.18 Å². The van der Waals surface area contributed by atoms with Gasteiger partial charge in [0.2, 0.25) is 0 Å². The lowest BCUT2D eigenvalue weighted by atomic mass is 10.0. The summed E-state index contributed by atoms with van der Waals surface area (Å²) in [5, 5.41) is 7.56. The zero-order valence-electron chi connectivity index (χ0n) is 16.8. The summed E-state index contributed by atoms with van der Waals surface area (Å²) in [7, 11) is 0. The van der Waals surface area contributed by atoms with Crippen molar-refractivity contribution in [1.29, 1.82) is 0 Å². The quantitative estimate of drug-likeness (QED) is 0.532.